The average molecular weight is 326 g/mol. The Morgan fingerprint density at radius 2 is 2.05 bits per heavy atom. The van der Waals surface area contributed by atoms with Gasteiger partial charge in [-0.3, -0.25) is 5.10 Å². The summed E-state index contributed by atoms with van der Waals surface area (Å²) in [6.07, 6.45) is 2.48. The SMILES string of the molecule is CC(C)(C)C(O)/C(=C/c1ccc(Cl)cc1Cl)c1ncn[nH]1. The monoisotopic (exact) mass is 325 g/mol. The Morgan fingerprint density at radius 1 is 1.33 bits per heavy atom. The molecular weight excluding hydrogens is 309 g/mol. The van der Waals surface area contributed by atoms with Crippen molar-refractivity contribution in [3.8, 4) is 0 Å². The lowest BCUT2D eigenvalue weighted by molar-refractivity contribution is 0.114. The number of aromatic nitrogens is 3. The number of rotatable bonds is 3. The molecule has 0 aliphatic heterocycles. The smallest absolute Gasteiger partial charge is 0.154 e. The molecule has 0 saturated heterocycles. The van der Waals surface area contributed by atoms with Crippen LogP contribution in [0.3, 0.4) is 0 Å². The van der Waals surface area contributed by atoms with Crippen molar-refractivity contribution in [1.82, 2.24) is 15.2 Å². The molecule has 0 radical (unpaired) electrons. The van der Waals surface area contributed by atoms with Crippen molar-refractivity contribution in [3.05, 3.63) is 46.0 Å². The molecule has 4 nitrogen and oxygen atoms in total. The van der Waals surface area contributed by atoms with E-state index in [9.17, 15) is 5.11 Å². The highest BCUT2D eigenvalue weighted by Crippen LogP contribution is 2.32. The Hall–Kier alpha value is -1.36. The molecule has 0 fully saturated rings. The van der Waals surface area contributed by atoms with Crippen molar-refractivity contribution >= 4 is 34.9 Å². The first-order valence-corrected chi connectivity index (χ1v) is 7.25. The quantitative estimate of drug-likeness (QED) is 0.894. The number of aromatic amines is 1. The van der Waals surface area contributed by atoms with Gasteiger partial charge in [-0.2, -0.15) is 5.10 Å². The molecule has 1 aromatic heterocycles. The van der Waals surface area contributed by atoms with Crippen molar-refractivity contribution in [2.75, 3.05) is 0 Å². The summed E-state index contributed by atoms with van der Waals surface area (Å²) in [5.41, 5.74) is 1.04. The van der Waals surface area contributed by atoms with E-state index < -0.39 is 6.10 Å². The summed E-state index contributed by atoms with van der Waals surface area (Å²) in [6, 6.07) is 5.22. The van der Waals surface area contributed by atoms with E-state index in [-0.39, 0.29) is 5.41 Å². The van der Waals surface area contributed by atoms with E-state index in [2.05, 4.69) is 15.2 Å². The second kappa shape index (κ2) is 6.18. The summed E-state index contributed by atoms with van der Waals surface area (Å²) in [7, 11) is 0. The lowest BCUT2D eigenvalue weighted by Gasteiger charge is -2.27. The second-order valence-electron chi connectivity index (χ2n) is 5.87. The van der Waals surface area contributed by atoms with Crippen molar-refractivity contribution in [2.24, 2.45) is 5.41 Å². The number of hydrogen-bond acceptors (Lipinski definition) is 3. The van der Waals surface area contributed by atoms with Crippen LogP contribution in [0, 0.1) is 5.41 Å². The summed E-state index contributed by atoms with van der Waals surface area (Å²) in [5.74, 6) is 0.517. The molecule has 0 aliphatic rings. The molecule has 1 unspecified atom stereocenters. The van der Waals surface area contributed by atoms with Gasteiger partial charge in [0, 0.05) is 15.6 Å². The number of aliphatic hydroxyl groups excluding tert-OH is 1. The van der Waals surface area contributed by atoms with Gasteiger partial charge >= 0.3 is 0 Å². The number of hydrogen-bond donors (Lipinski definition) is 2. The van der Waals surface area contributed by atoms with E-state index in [1.165, 1.54) is 6.33 Å². The van der Waals surface area contributed by atoms with Crippen molar-refractivity contribution in [2.45, 2.75) is 26.9 Å². The van der Waals surface area contributed by atoms with Crippen LogP contribution >= 0.6 is 23.2 Å². The highest BCUT2D eigenvalue weighted by Gasteiger charge is 2.28. The molecule has 1 heterocycles. The van der Waals surface area contributed by atoms with Gasteiger partial charge in [-0.05, 0) is 29.2 Å². The number of nitrogens with zero attached hydrogens (tertiary/aromatic N) is 2. The Bertz CT molecular complexity index is 645. The van der Waals surface area contributed by atoms with Crippen LogP contribution in [-0.2, 0) is 0 Å². The fourth-order valence-corrected chi connectivity index (χ4v) is 2.34. The number of aliphatic hydroxyl groups is 1. The molecule has 0 spiro atoms. The van der Waals surface area contributed by atoms with E-state index in [4.69, 9.17) is 23.2 Å². The zero-order valence-electron chi connectivity index (χ0n) is 12.1. The number of nitrogens with one attached hydrogen (secondary N) is 1. The molecule has 0 bridgehead atoms. The molecule has 112 valence electrons. The maximum absolute atomic E-state index is 10.6. The first-order valence-electron chi connectivity index (χ1n) is 6.49. The van der Waals surface area contributed by atoms with Crippen molar-refractivity contribution in [1.29, 1.82) is 0 Å². The fourth-order valence-electron chi connectivity index (χ4n) is 1.87. The lowest BCUT2D eigenvalue weighted by atomic mass is 9.83. The predicted octanol–water partition coefficient (Wildman–Crippen LogP) is 4.06. The molecule has 0 saturated carbocycles. The third-order valence-corrected chi connectivity index (χ3v) is 3.64. The van der Waals surface area contributed by atoms with Gasteiger partial charge in [0.05, 0.1) is 6.10 Å². The number of halogens is 2. The summed E-state index contributed by atoms with van der Waals surface area (Å²) < 4.78 is 0. The van der Waals surface area contributed by atoms with E-state index in [1.807, 2.05) is 20.8 Å². The Kier molecular flexibility index (Phi) is 4.71. The van der Waals surface area contributed by atoms with Crippen LogP contribution in [0.2, 0.25) is 10.0 Å². The normalized spacial score (nSPS) is 14.3. The van der Waals surface area contributed by atoms with Crippen LogP contribution in [0.1, 0.15) is 32.2 Å². The minimum atomic E-state index is -0.725. The van der Waals surface area contributed by atoms with Crippen molar-refractivity contribution in [3.63, 3.8) is 0 Å². The van der Waals surface area contributed by atoms with E-state index in [0.29, 0.717) is 21.4 Å². The molecular formula is C15H17Cl2N3O. The molecule has 0 aliphatic carbocycles. The predicted molar refractivity (Wildman–Crippen MR) is 86.2 cm³/mol. The maximum Gasteiger partial charge on any atom is 0.154 e. The van der Waals surface area contributed by atoms with Crippen LogP contribution in [-0.4, -0.2) is 26.4 Å². The van der Waals surface area contributed by atoms with Gasteiger partial charge in [-0.25, -0.2) is 4.98 Å². The summed E-state index contributed by atoms with van der Waals surface area (Å²) >= 11 is 12.1. The summed E-state index contributed by atoms with van der Waals surface area (Å²) in [4.78, 5) is 4.13. The minimum absolute atomic E-state index is 0.350. The largest absolute Gasteiger partial charge is 0.388 e. The van der Waals surface area contributed by atoms with Gasteiger partial charge < -0.3 is 5.11 Å². The van der Waals surface area contributed by atoms with Crippen LogP contribution in [0.15, 0.2) is 24.5 Å². The Morgan fingerprint density at radius 3 is 2.57 bits per heavy atom. The zero-order valence-corrected chi connectivity index (χ0v) is 13.6. The Balaban J connectivity index is 2.52. The Labute approximate surface area is 133 Å². The van der Waals surface area contributed by atoms with E-state index >= 15 is 0 Å². The van der Waals surface area contributed by atoms with Crippen LogP contribution < -0.4 is 0 Å². The van der Waals surface area contributed by atoms with Gasteiger partial charge in [-0.15, -0.1) is 0 Å². The average Bonchev–Trinajstić information content (AvgIpc) is 2.90. The number of H-pyrrole nitrogens is 1. The molecule has 6 heteroatoms. The van der Waals surface area contributed by atoms with Gasteiger partial charge in [0.1, 0.15) is 6.33 Å². The van der Waals surface area contributed by atoms with Crippen LogP contribution in [0.25, 0.3) is 11.6 Å². The van der Waals surface area contributed by atoms with Crippen LogP contribution in [0.5, 0.6) is 0 Å². The van der Waals surface area contributed by atoms with Gasteiger partial charge in [-0.1, -0.05) is 50.0 Å². The first-order chi connectivity index (χ1) is 9.79. The summed E-state index contributed by atoms with van der Waals surface area (Å²) in [6.45, 7) is 5.85. The third kappa shape index (κ3) is 3.84. The highest BCUT2D eigenvalue weighted by atomic mass is 35.5. The molecule has 2 N–H and O–H groups in total. The van der Waals surface area contributed by atoms with Gasteiger partial charge in [0.15, 0.2) is 5.82 Å². The van der Waals surface area contributed by atoms with Gasteiger partial charge in [0.2, 0.25) is 0 Å². The fraction of sp³-hybridized carbons (Fsp3) is 0.333. The first kappa shape index (κ1) is 16.0. The summed E-state index contributed by atoms with van der Waals surface area (Å²) in [5, 5.41) is 18.3. The molecule has 1 aromatic carbocycles. The van der Waals surface area contributed by atoms with Crippen LogP contribution in [0.4, 0.5) is 0 Å². The number of benzene rings is 1. The zero-order chi connectivity index (χ0) is 15.6. The molecule has 2 rings (SSSR count). The van der Waals surface area contributed by atoms with E-state index in [1.54, 1.807) is 24.3 Å². The molecule has 1 atom stereocenters. The van der Waals surface area contributed by atoms with E-state index in [0.717, 1.165) is 5.56 Å². The highest BCUT2D eigenvalue weighted by molar-refractivity contribution is 6.35. The molecule has 0 amide bonds. The second-order valence-corrected chi connectivity index (χ2v) is 6.71. The maximum atomic E-state index is 10.6. The molecule has 2 aromatic rings. The topological polar surface area (TPSA) is 61.8 Å². The van der Waals surface area contributed by atoms with Gasteiger partial charge in [0.25, 0.3) is 0 Å². The van der Waals surface area contributed by atoms with Crippen molar-refractivity contribution < 1.29 is 5.11 Å². The third-order valence-electron chi connectivity index (χ3n) is 3.08. The standard InChI is InChI=1S/C15H17Cl2N3O/c1-15(2,3)13(21)11(14-18-8-19-20-14)6-9-4-5-10(16)7-12(9)17/h4-8,13,21H,1-3H3,(H,18,19,20)/b11-6-. The molecule has 21 heavy (non-hydrogen) atoms. The minimum Gasteiger partial charge on any atom is -0.388 e. The lowest BCUT2D eigenvalue weighted by Crippen LogP contribution is -2.27.